The van der Waals surface area contributed by atoms with Crippen molar-refractivity contribution in [3.05, 3.63) is 17.5 Å². The van der Waals surface area contributed by atoms with Gasteiger partial charge in [-0.25, -0.2) is 0 Å². The summed E-state index contributed by atoms with van der Waals surface area (Å²) in [6, 6.07) is 2.17. The van der Waals surface area contributed by atoms with Crippen molar-refractivity contribution in [2.75, 3.05) is 13.1 Å². The van der Waals surface area contributed by atoms with Crippen LogP contribution in [0.2, 0.25) is 0 Å². The molecule has 0 radical (unpaired) electrons. The highest BCUT2D eigenvalue weighted by molar-refractivity contribution is 5.09. The van der Waals surface area contributed by atoms with Gasteiger partial charge in [-0.2, -0.15) is 5.10 Å². The van der Waals surface area contributed by atoms with Crippen LogP contribution in [0.3, 0.4) is 0 Å². The topological polar surface area (TPSA) is 41.9 Å². The van der Waals surface area contributed by atoms with Crippen molar-refractivity contribution in [2.24, 2.45) is 0 Å². The molecule has 4 nitrogen and oxygen atoms in total. The lowest BCUT2D eigenvalue weighted by Crippen LogP contribution is -2.43. The van der Waals surface area contributed by atoms with Gasteiger partial charge in [0.2, 0.25) is 0 Å². The Kier molecular flexibility index (Phi) is 3.30. The third-order valence-electron chi connectivity index (χ3n) is 3.35. The molecule has 2 rings (SSSR count). The van der Waals surface area contributed by atoms with E-state index in [-0.39, 0.29) is 5.54 Å². The van der Waals surface area contributed by atoms with E-state index in [4.69, 9.17) is 0 Å². The predicted molar refractivity (Wildman–Crippen MR) is 65.4 cm³/mol. The number of hydrogen-bond acceptors (Lipinski definition) is 3. The zero-order valence-corrected chi connectivity index (χ0v) is 10.5. The molecular weight excluding hydrogens is 200 g/mol. The molecule has 90 valence electrons. The molecule has 1 aliphatic heterocycles. The first kappa shape index (κ1) is 11.6. The monoisotopic (exact) mass is 222 g/mol. The largest absolute Gasteiger partial charge is 0.315 e. The Morgan fingerprint density at radius 3 is 3.06 bits per heavy atom. The second kappa shape index (κ2) is 4.55. The molecule has 4 heteroatoms. The lowest BCUT2D eigenvalue weighted by molar-refractivity contribution is 0.377. The van der Waals surface area contributed by atoms with Crippen LogP contribution in [0, 0.1) is 6.92 Å². The van der Waals surface area contributed by atoms with E-state index in [1.54, 1.807) is 0 Å². The molecule has 0 amide bonds. The van der Waals surface area contributed by atoms with E-state index in [2.05, 4.69) is 47.3 Å². The second-order valence-electron chi connectivity index (χ2n) is 4.93. The first-order valence-corrected chi connectivity index (χ1v) is 6.12. The predicted octanol–water partition coefficient (Wildman–Crippen LogP) is 1.05. The molecule has 0 aliphatic carbocycles. The van der Waals surface area contributed by atoms with Crippen LogP contribution < -0.4 is 10.6 Å². The van der Waals surface area contributed by atoms with Crippen molar-refractivity contribution < 1.29 is 0 Å². The van der Waals surface area contributed by atoms with Gasteiger partial charge in [0.15, 0.2) is 0 Å². The molecular formula is C12H22N4. The van der Waals surface area contributed by atoms with Gasteiger partial charge in [-0.15, -0.1) is 0 Å². The molecule has 1 saturated heterocycles. The summed E-state index contributed by atoms with van der Waals surface area (Å²) in [5.74, 6) is 0. The average molecular weight is 222 g/mol. The Bertz CT molecular complexity index is 350. The van der Waals surface area contributed by atoms with E-state index in [0.29, 0.717) is 0 Å². The van der Waals surface area contributed by atoms with E-state index >= 15 is 0 Å². The highest BCUT2D eigenvalue weighted by Crippen LogP contribution is 2.14. The van der Waals surface area contributed by atoms with Crippen LogP contribution in [-0.2, 0) is 13.1 Å². The number of rotatable bonds is 4. The SMILES string of the molecule is CCn1nc(C)cc1CNC1(C)CCNC1. The fourth-order valence-electron chi connectivity index (χ4n) is 2.29. The van der Waals surface area contributed by atoms with E-state index in [0.717, 1.165) is 31.9 Å². The third kappa shape index (κ3) is 2.44. The van der Waals surface area contributed by atoms with Crippen LogP contribution in [0.25, 0.3) is 0 Å². The minimum absolute atomic E-state index is 0.247. The van der Waals surface area contributed by atoms with Gasteiger partial charge < -0.3 is 10.6 Å². The Labute approximate surface area is 97.4 Å². The fraction of sp³-hybridized carbons (Fsp3) is 0.750. The molecule has 16 heavy (non-hydrogen) atoms. The van der Waals surface area contributed by atoms with Gasteiger partial charge in [-0.05, 0) is 39.8 Å². The quantitative estimate of drug-likeness (QED) is 0.800. The maximum absolute atomic E-state index is 4.46. The van der Waals surface area contributed by atoms with E-state index in [9.17, 15) is 0 Å². The molecule has 1 unspecified atom stereocenters. The smallest absolute Gasteiger partial charge is 0.0597 e. The van der Waals surface area contributed by atoms with E-state index in [1.165, 1.54) is 12.1 Å². The van der Waals surface area contributed by atoms with Crippen LogP contribution in [0.15, 0.2) is 6.07 Å². The molecule has 0 bridgehead atoms. The van der Waals surface area contributed by atoms with Crippen molar-refractivity contribution in [1.82, 2.24) is 20.4 Å². The summed E-state index contributed by atoms with van der Waals surface area (Å²) < 4.78 is 2.08. The molecule has 0 aromatic carbocycles. The second-order valence-corrected chi connectivity index (χ2v) is 4.93. The van der Waals surface area contributed by atoms with Gasteiger partial charge in [0.05, 0.1) is 11.4 Å². The lowest BCUT2D eigenvalue weighted by Gasteiger charge is -2.24. The van der Waals surface area contributed by atoms with Crippen LogP contribution in [-0.4, -0.2) is 28.4 Å². The summed E-state index contributed by atoms with van der Waals surface area (Å²) in [7, 11) is 0. The molecule has 1 aliphatic rings. The van der Waals surface area contributed by atoms with Crippen LogP contribution in [0.1, 0.15) is 31.7 Å². The van der Waals surface area contributed by atoms with E-state index in [1.807, 2.05) is 0 Å². The Hall–Kier alpha value is -0.870. The number of aromatic nitrogens is 2. The molecule has 1 atom stereocenters. The number of hydrogen-bond donors (Lipinski definition) is 2. The molecule has 1 aromatic heterocycles. The number of nitrogens with one attached hydrogen (secondary N) is 2. The summed E-state index contributed by atoms with van der Waals surface area (Å²) in [6.45, 7) is 10.5. The number of nitrogens with zero attached hydrogens (tertiary/aromatic N) is 2. The van der Waals surface area contributed by atoms with Crippen molar-refractivity contribution >= 4 is 0 Å². The first-order valence-electron chi connectivity index (χ1n) is 6.12. The molecule has 2 heterocycles. The maximum Gasteiger partial charge on any atom is 0.0597 e. The summed E-state index contributed by atoms with van der Waals surface area (Å²) in [5.41, 5.74) is 2.64. The van der Waals surface area contributed by atoms with Gasteiger partial charge in [-0.1, -0.05) is 0 Å². The molecule has 0 saturated carbocycles. The fourth-order valence-corrected chi connectivity index (χ4v) is 2.29. The van der Waals surface area contributed by atoms with Gasteiger partial charge in [0, 0.05) is 25.2 Å². The van der Waals surface area contributed by atoms with Gasteiger partial charge >= 0.3 is 0 Å². The summed E-state index contributed by atoms with van der Waals surface area (Å²) in [5, 5.41) is 11.5. The molecule has 1 aromatic rings. The zero-order valence-electron chi connectivity index (χ0n) is 10.5. The molecule has 1 fully saturated rings. The van der Waals surface area contributed by atoms with Gasteiger partial charge in [0.1, 0.15) is 0 Å². The van der Waals surface area contributed by atoms with Crippen molar-refractivity contribution in [1.29, 1.82) is 0 Å². The highest BCUT2D eigenvalue weighted by Gasteiger charge is 2.27. The maximum atomic E-state index is 4.46. The van der Waals surface area contributed by atoms with Crippen LogP contribution in [0.4, 0.5) is 0 Å². The highest BCUT2D eigenvalue weighted by atomic mass is 15.3. The summed E-state index contributed by atoms with van der Waals surface area (Å²) in [4.78, 5) is 0. The third-order valence-corrected chi connectivity index (χ3v) is 3.35. The zero-order chi connectivity index (χ0) is 11.6. The van der Waals surface area contributed by atoms with Gasteiger partial charge in [0.25, 0.3) is 0 Å². The van der Waals surface area contributed by atoms with Crippen LogP contribution >= 0.6 is 0 Å². The Morgan fingerprint density at radius 1 is 1.62 bits per heavy atom. The Balaban J connectivity index is 1.98. The average Bonchev–Trinajstić information content (AvgIpc) is 2.82. The lowest BCUT2D eigenvalue weighted by atomic mass is 10.0. The first-order chi connectivity index (χ1) is 7.63. The minimum Gasteiger partial charge on any atom is -0.315 e. The van der Waals surface area contributed by atoms with Crippen LogP contribution in [0.5, 0.6) is 0 Å². The summed E-state index contributed by atoms with van der Waals surface area (Å²) in [6.07, 6.45) is 1.20. The molecule has 0 spiro atoms. The Morgan fingerprint density at radius 2 is 2.44 bits per heavy atom. The number of aryl methyl sites for hydroxylation is 2. The van der Waals surface area contributed by atoms with Crippen molar-refractivity contribution in [3.8, 4) is 0 Å². The summed E-state index contributed by atoms with van der Waals surface area (Å²) >= 11 is 0. The standard InChI is InChI=1S/C12H22N4/c1-4-16-11(7-10(2)15-16)8-14-12(3)5-6-13-9-12/h7,13-14H,4-6,8-9H2,1-3H3. The minimum atomic E-state index is 0.247. The van der Waals surface area contributed by atoms with Crippen molar-refractivity contribution in [2.45, 2.75) is 45.8 Å². The normalized spacial score (nSPS) is 25.2. The molecule has 2 N–H and O–H groups in total. The van der Waals surface area contributed by atoms with Crippen molar-refractivity contribution in [3.63, 3.8) is 0 Å². The van der Waals surface area contributed by atoms with E-state index < -0.39 is 0 Å². The van der Waals surface area contributed by atoms with Gasteiger partial charge in [-0.3, -0.25) is 4.68 Å².